The lowest BCUT2D eigenvalue weighted by Crippen LogP contribution is -1.96. The molecule has 2 N–H and O–H groups in total. The summed E-state index contributed by atoms with van der Waals surface area (Å²) in [6.45, 7) is 0. The van der Waals surface area contributed by atoms with Gasteiger partial charge in [-0.15, -0.1) is 0 Å². The lowest BCUT2D eigenvalue weighted by Gasteiger charge is -2.03. The molecule has 5 heteroatoms. The lowest BCUT2D eigenvalue weighted by molar-refractivity contribution is 0.0697. The van der Waals surface area contributed by atoms with Gasteiger partial charge in [0, 0.05) is 0 Å². The van der Waals surface area contributed by atoms with Gasteiger partial charge >= 0.3 is 5.97 Å². The quantitative estimate of drug-likeness (QED) is 0.819. The summed E-state index contributed by atoms with van der Waals surface area (Å²) in [5.74, 6) is -0.934. The van der Waals surface area contributed by atoms with E-state index in [0.29, 0.717) is 5.56 Å². The van der Waals surface area contributed by atoms with Crippen LogP contribution in [0.15, 0.2) is 36.4 Å². The Hall–Kier alpha value is -1.72. The van der Waals surface area contributed by atoms with E-state index >= 15 is 0 Å². The summed E-state index contributed by atoms with van der Waals surface area (Å²) in [7, 11) is 0. The van der Waals surface area contributed by atoms with E-state index in [0.717, 1.165) is 10.8 Å². The van der Waals surface area contributed by atoms with Crippen molar-refractivity contribution in [3.8, 4) is 0 Å². The van der Waals surface area contributed by atoms with E-state index in [9.17, 15) is 9.00 Å². The molecule has 0 spiro atoms. The second kappa shape index (κ2) is 4.65. The van der Waals surface area contributed by atoms with Crippen molar-refractivity contribution >= 4 is 27.8 Å². The van der Waals surface area contributed by atoms with Gasteiger partial charge in [0.2, 0.25) is 0 Å². The fourth-order valence-electron chi connectivity index (χ4n) is 1.66. The summed E-state index contributed by atoms with van der Waals surface area (Å²) in [5, 5.41) is 10.5. The highest BCUT2D eigenvalue weighted by atomic mass is 32.2. The predicted molar refractivity (Wildman–Crippen MR) is 65.4 cm³/mol. The van der Waals surface area contributed by atoms with Crippen LogP contribution in [0.5, 0.6) is 0 Å². The first-order valence-electron chi connectivity index (χ1n) is 4.90. The maximum Gasteiger partial charge on any atom is 0.335 e. The van der Waals surface area contributed by atoms with E-state index in [1.807, 2.05) is 6.07 Å². The maximum atomic E-state index is 10.8. The Bertz CT molecular complexity index is 606. The Morgan fingerprint density at radius 2 is 1.82 bits per heavy atom. The molecular weight excluding hydrogens is 240 g/mol. The summed E-state index contributed by atoms with van der Waals surface area (Å²) >= 11 is -1.89. The molecule has 0 aliphatic rings. The van der Waals surface area contributed by atoms with Gasteiger partial charge in [0.05, 0.1) is 11.3 Å². The van der Waals surface area contributed by atoms with Gasteiger partial charge < -0.3 is 9.66 Å². The van der Waals surface area contributed by atoms with E-state index in [-0.39, 0.29) is 11.3 Å². The van der Waals surface area contributed by atoms with Crippen molar-refractivity contribution in [1.29, 1.82) is 0 Å². The van der Waals surface area contributed by atoms with Crippen LogP contribution in [0.2, 0.25) is 0 Å². The van der Waals surface area contributed by atoms with Crippen molar-refractivity contribution in [2.75, 3.05) is 0 Å². The van der Waals surface area contributed by atoms with Crippen LogP contribution in [-0.4, -0.2) is 19.8 Å². The molecule has 2 aromatic carbocycles. The summed E-state index contributed by atoms with van der Waals surface area (Å²) in [5.41, 5.74) is 0.917. The largest absolute Gasteiger partial charge is 0.478 e. The molecule has 2 rings (SSSR count). The lowest BCUT2D eigenvalue weighted by atomic mass is 10.0. The molecule has 1 atom stereocenters. The van der Waals surface area contributed by atoms with Crippen LogP contribution in [0, 0.1) is 0 Å². The van der Waals surface area contributed by atoms with Crippen LogP contribution in [0.4, 0.5) is 0 Å². The smallest absolute Gasteiger partial charge is 0.335 e. The van der Waals surface area contributed by atoms with E-state index in [4.69, 9.17) is 9.66 Å². The average molecular weight is 250 g/mol. The number of fused-ring (bicyclic) bond motifs is 1. The molecule has 0 aliphatic carbocycles. The molecule has 0 heterocycles. The molecule has 0 amide bonds. The topological polar surface area (TPSA) is 74.6 Å². The van der Waals surface area contributed by atoms with Crippen molar-refractivity contribution in [2.45, 2.75) is 5.75 Å². The molecule has 0 saturated carbocycles. The normalized spacial score (nSPS) is 12.5. The van der Waals surface area contributed by atoms with Gasteiger partial charge in [0.15, 0.2) is 11.1 Å². The van der Waals surface area contributed by atoms with Crippen LogP contribution in [-0.2, 0) is 16.8 Å². The van der Waals surface area contributed by atoms with Gasteiger partial charge in [0.1, 0.15) is 0 Å². The van der Waals surface area contributed by atoms with Crippen LogP contribution in [0.3, 0.4) is 0 Å². The molecule has 17 heavy (non-hydrogen) atoms. The zero-order valence-electron chi connectivity index (χ0n) is 8.79. The molecule has 4 nitrogen and oxygen atoms in total. The Morgan fingerprint density at radius 3 is 2.47 bits per heavy atom. The number of hydrogen-bond donors (Lipinski definition) is 2. The second-order valence-corrected chi connectivity index (χ2v) is 4.60. The third-order valence-corrected chi connectivity index (χ3v) is 3.02. The minimum absolute atomic E-state index is 0.0488. The maximum absolute atomic E-state index is 10.8. The number of hydrogen-bond acceptors (Lipinski definition) is 2. The fourth-order valence-corrected chi connectivity index (χ4v) is 2.13. The van der Waals surface area contributed by atoms with Gasteiger partial charge in [0.25, 0.3) is 0 Å². The van der Waals surface area contributed by atoms with Crippen LogP contribution in [0.25, 0.3) is 10.8 Å². The van der Waals surface area contributed by atoms with Gasteiger partial charge in [-0.2, -0.15) is 0 Å². The third-order valence-electron chi connectivity index (χ3n) is 2.44. The average Bonchev–Trinajstić information content (AvgIpc) is 2.27. The number of benzene rings is 2. The molecule has 0 radical (unpaired) electrons. The molecule has 0 fully saturated rings. The standard InChI is InChI=1S/C12H10O4S/c13-12(14)10-4-3-9-2-1-8(7-17(15)16)5-11(9)6-10/h1-6H,7H2,(H,13,14)(H,15,16). The summed E-state index contributed by atoms with van der Waals surface area (Å²) in [6, 6.07) is 10.1. The third kappa shape index (κ3) is 2.69. The number of carboxylic acid groups (broad SMARTS) is 1. The van der Waals surface area contributed by atoms with Gasteiger partial charge in [-0.1, -0.05) is 24.3 Å². The molecule has 88 valence electrons. The van der Waals surface area contributed by atoms with Gasteiger partial charge in [-0.25, -0.2) is 9.00 Å². The first kappa shape index (κ1) is 11.8. The zero-order valence-corrected chi connectivity index (χ0v) is 9.61. The molecule has 1 unspecified atom stereocenters. The summed E-state index contributed by atoms with van der Waals surface area (Å²) in [4.78, 5) is 10.8. The fraction of sp³-hybridized carbons (Fsp3) is 0.0833. The number of aromatic carboxylic acids is 1. The van der Waals surface area contributed by atoms with Crippen molar-refractivity contribution in [3.63, 3.8) is 0 Å². The minimum atomic E-state index is -1.89. The van der Waals surface area contributed by atoms with Crippen molar-refractivity contribution in [1.82, 2.24) is 0 Å². The molecule has 2 aromatic rings. The van der Waals surface area contributed by atoms with Crippen LogP contribution < -0.4 is 0 Å². The van der Waals surface area contributed by atoms with E-state index in [2.05, 4.69) is 0 Å². The molecular formula is C12H10O4S. The second-order valence-electron chi connectivity index (χ2n) is 3.67. The highest BCUT2D eigenvalue weighted by Crippen LogP contribution is 2.18. The Morgan fingerprint density at radius 1 is 1.12 bits per heavy atom. The SMILES string of the molecule is O=C(O)c1ccc2ccc(CS(=O)O)cc2c1. The molecule has 0 bridgehead atoms. The zero-order chi connectivity index (χ0) is 12.4. The number of carboxylic acids is 1. The molecule has 0 aromatic heterocycles. The van der Waals surface area contributed by atoms with Gasteiger partial charge in [-0.05, 0) is 28.5 Å². The predicted octanol–water partition coefficient (Wildman–Crippen LogP) is 2.26. The summed E-state index contributed by atoms with van der Waals surface area (Å²) in [6.07, 6.45) is 0. The van der Waals surface area contributed by atoms with Gasteiger partial charge in [-0.3, -0.25) is 0 Å². The Kier molecular flexibility index (Phi) is 3.21. The monoisotopic (exact) mass is 250 g/mol. The first-order chi connectivity index (χ1) is 8.06. The van der Waals surface area contributed by atoms with Crippen LogP contribution in [0.1, 0.15) is 15.9 Å². The van der Waals surface area contributed by atoms with Crippen molar-refractivity contribution in [3.05, 3.63) is 47.5 Å². The van der Waals surface area contributed by atoms with E-state index in [1.54, 1.807) is 24.3 Å². The molecule has 0 aliphatic heterocycles. The first-order valence-corrected chi connectivity index (χ1v) is 6.17. The number of carbonyl (C=O) groups is 1. The Balaban J connectivity index is 2.50. The molecule has 0 saturated heterocycles. The number of rotatable bonds is 3. The highest BCUT2D eigenvalue weighted by Gasteiger charge is 2.05. The van der Waals surface area contributed by atoms with E-state index in [1.165, 1.54) is 6.07 Å². The summed E-state index contributed by atoms with van der Waals surface area (Å²) < 4.78 is 19.5. The van der Waals surface area contributed by atoms with Crippen LogP contribution >= 0.6 is 0 Å². The van der Waals surface area contributed by atoms with Crippen molar-refractivity contribution < 1.29 is 18.7 Å². The van der Waals surface area contributed by atoms with Crippen molar-refractivity contribution in [2.24, 2.45) is 0 Å². The minimum Gasteiger partial charge on any atom is -0.478 e. The Labute approximate surface area is 100 Å². The van der Waals surface area contributed by atoms with E-state index < -0.39 is 17.0 Å². The highest BCUT2D eigenvalue weighted by molar-refractivity contribution is 7.78.